The lowest BCUT2D eigenvalue weighted by Crippen LogP contribution is -2.37. The monoisotopic (exact) mass is 200 g/mol. The summed E-state index contributed by atoms with van der Waals surface area (Å²) in [6.07, 6.45) is 1.28. The van der Waals surface area contributed by atoms with E-state index < -0.39 is 0 Å². The van der Waals surface area contributed by atoms with E-state index in [0.717, 1.165) is 6.61 Å². The van der Waals surface area contributed by atoms with E-state index in [2.05, 4.69) is 38.1 Å². The van der Waals surface area contributed by atoms with E-state index in [9.17, 15) is 0 Å². The van der Waals surface area contributed by atoms with Crippen molar-refractivity contribution in [2.75, 3.05) is 26.2 Å². The molecule has 0 aromatic carbocycles. The molecule has 0 aliphatic carbocycles. The molecule has 1 N–H and O–H groups in total. The molecule has 0 aromatic heterocycles. The van der Waals surface area contributed by atoms with Crippen molar-refractivity contribution in [2.24, 2.45) is 5.92 Å². The second-order valence-corrected chi connectivity index (χ2v) is 5.21. The average molecular weight is 200 g/mol. The Bertz CT molecular complexity index is 165. The number of nitrogens with zero attached hydrogens (tertiary/aromatic N) is 1. The second-order valence-electron chi connectivity index (χ2n) is 5.21. The van der Waals surface area contributed by atoms with Gasteiger partial charge in [-0.05, 0) is 46.2 Å². The third-order valence-corrected chi connectivity index (χ3v) is 2.51. The summed E-state index contributed by atoms with van der Waals surface area (Å²) >= 11 is 0. The van der Waals surface area contributed by atoms with Crippen LogP contribution in [-0.2, 0) is 4.84 Å². The summed E-state index contributed by atoms with van der Waals surface area (Å²) in [6.45, 7) is 13.0. The molecule has 0 radical (unpaired) electrons. The van der Waals surface area contributed by atoms with Crippen LogP contribution in [0.15, 0.2) is 0 Å². The van der Waals surface area contributed by atoms with E-state index in [1.54, 1.807) is 0 Å². The Kier molecular flexibility index (Phi) is 4.35. The molecule has 0 aromatic rings. The first-order chi connectivity index (χ1) is 6.51. The standard InChI is InChI=1S/C11H24N2O/c1-5-13-7-6-10(8-13)9-14-12-11(2,3)4/h10,12H,5-9H2,1-4H3. The van der Waals surface area contributed by atoms with Crippen LogP contribution in [0.25, 0.3) is 0 Å². The molecule has 3 nitrogen and oxygen atoms in total. The topological polar surface area (TPSA) is 24.5 Å². The van der Waals surface area contributed by atoms with Gasteiger partial charge in [-0.15, -0.1) is 0 Å². The molecule has 1 saturated heterocycles. The maximum Gasteiger partial charge on any atom is 0.0723 e. The van der Waals surface area contributed by atoms with Crippen LogP contribution in [0.4, 0.5) is 0 Å². The third-order valence-electron chi connectivity index (χ3n) is 2.51. The van der Waals surface area contributed by atoms with Crippen molar-refractivity contribution in [2.45, 2.75) is 39.7 Å². The summed E-state index contributed by atoms with van der Waals surface area (Å²) in [5.74, 6) is 0.713. The average Bonchev–Trinajstić information content (AvgIpc) is 2.50. The Labute approximate surface area is 87.8 Å². The van der Waals surface area contributed by atoms with Gasteiger partial charge in [0, 0.05) is 12.1 Å². The van der Waals surface area contributed by atoms with Crippen molar-refractivity contribution in [1.82, 2.24) is 10.4 Å². The summed E-state index contributed by atoms with van der Waals surface area (Å²) in [5, 5.41) is 0. The van der Waals surface area contributed by atoms with Gasteiger partial charge in [-0.2, -0.15) is 5.48 Å². The molecule has 1 heterocycles. The van der Waals surface area contributed by atoms with Gasteiger partial charge in [0.15, 0.2) is 0 Å². The van der Waals surface area contributed by atoms with Crippen LogP contribution < -0.4 is 5.48 Å². The molecule has 1 aliphatic heterocycles. The first-order valence-corrected chi connectivity index (χ1v) is 5.62. The van der Waals surface area contributed by atoms with Gasteiger partial charge in [-0.25, -0.2) is 0 Å². The number of hydroxylamine groups is 1. The summed E-state index contributed by atoms with van der Waals surface area (Å²) in [7, 11) is 0. The molecular formula is C11H24N2O. The highest BCUT2D eigenvalue weighted by molar-refractivity contribution is 4.74. The fourth-order valence-corrected chi connectivity index (χ4v) is 1.71. The van der Waals surface area contributed by atoms with Gasteiger partial charge in [-0.1, -0.05) is 6.92 Å². The number of likely N-dealkylation sites (tertiary alicyclic amines) is 1. The van der Waals surface area contributed by atoms with Gasteiger partial charge in [0.1, 0.15) is 0 Å². The van der Waals surface area contributed by atoms with Crippen LogP contribution >= 0.6 is 0 Å². The van der Waals surface area contributed by atoms with E-state index in [1.165, 1.54) is 26.1 Å². The van der Waals surface area contributed by atoms with E-state index in [1.807, 2.05) is 0 Å². The van der Waals surface area contributed by atoms with Gasteiger partial charge in [0.2, 0.25) is 0 Å². The number of nitrogens with one attached hydrogen (secondary N) is 1. The lowest BCUT2D eigenvalue weighted by atomic mass is 10.1. The molecule has 14 heavy (non-hydrogen) atoms. The Morgan fingerprint density at radius 1 is 1.43 bits per heavy atom. The second kappa shape index (κ2) is 5.10. The van der Waals surface area contributed by atoms with Crippen LogP contribution in [0.3, 0.4) is 0 Å². The molecule has 84 valence electrons. The summed E-state index contributed by atoms with van der Waals surface area (Å²) in [5.41, 5.74) is 3.12. The van der Waals surface area contributed by atoms with Crippen molar-refractivity contribution in [1.29, 1.82) is 0 Å². The van der Waals surface area contributed by atoms with Crippen LogP contribution in [0.2, 0.25) is 0 Å². The Morgan fingerprint density at radius 3 is 2.64 bits per heavy atom. The minimum Gasteiger partial charge on any atom is -0.303 e. The van der Waals surface area contributed by atoms with Gasteiger partial charge in [0.25, 0.3) is 0 Å². The zero-order chi connectivity index (χ0) is 10.6. The van der Waals surface area contributed by atoms with E-state index in [4.69, 9.17) is 4.84 Å². The molecule has 1 aliphatic rings. The van der Waals surface area contributed by atoms with Crippen molar-refractivity contribution < 1.29 is 4.84 Å². The first-order valence-electron chi connectivity index (χ1n) is 5.62. The van der Waals surface area contributed by atoms with Gasteiger partial charge >= 0.3 is 0 Å². The van der Waals surface area contributed by atoms with Crippen molar-refractivity contribution in [3.8, 4) is 0 Å². The summed E-state index contributed by atoms with van der Waals surface area (Å²) in [4.78, 5) is 7.98. The van der Waals surface area contributed by atoms with Crippen molar-refractivity contribution >= 4 is 0 Å². The number of rotatable bonds is 4. The fourth-order valence-electron chi connectivity index (χ4n) is 1.71. The molecule has 1 atom stereocenters. The highest BCUT2D eigenvalue weighted by atomic mass is 16.6. The zero-order valence-corrected chi connectivity index (χ0v) is 9.97. The fraction of sp³-hybridized carbons (Fsp3) is 1.00. The molecule has 0 saturated carbocycles. The minimum atomic E-state index is 0.0586. The molecular weight excluding hydrogens is 176 g/mol. The Hall–Kier alpha value is -0.120. The molecule has 0 amide bonds. The number of hydrogen-bond acceptors (Lipinski definition) is 3. The van der Waals surface area contributed by atoms with Crippen molar-refractivity contribution in [3.05, 3.63) is 0 Å². The zero-order valence-electron chi connectivity index (χ0n) is 9.97. The smallest absolute Gasteiger partial charge is 0.0723 e. The maximum atomic E-state index is 5.50. The third kappa shape index (κ3) is 4.40. The van der Waals surface area contributed by atoms with Gasteiger partial charge in [-0.3, -0.25) is 0 Å². The number of hydrogen-bond donors (Lipinski definition) is 1. The molecule has 0 bridgehead atoms. The lowest BCUT2D eigenvalue weighted by Gasteiger charge is -2.21. The van der Waals surface area contributed by atoms with E-state index in [-0.39, 0.29) is 5.54 Å². The highest BCUT2D eigenvalue weighted by Crippen LogP contribution is 2.15. The lowest BCUT2D eigenvalue weighted by molar-refractivity contribution is -0.0226. The summed E-state index contributed by atoms with van der Waals surface area (Å²) in [6, 6.07) is 0. The summed E-state index contributed by atoms with van der Waals surface area (Å²) < 4.78 is 0. The predicted molar refractivity (Wildman–Crippen MR) is 59.1 cm³/mol. The Balaban J connectivity index is 2.09. The predicted octanol–water partition coefficient (Wildman–Crippen LogP) is 1.65. The van der Waals surface area contributed by atoms with E-state index in [0.29, 0.717) is 5.92 Å². The molecule has 1 fully saturated rings. The normalized spacial score (nSPS) is 24.4. The molecule has 1 rings (SSSR count). The van der Waals surface area contributed by atoms with E-state index >= 15 is 0 Å². The maximum absolute atomic E-state index is 5.50. The Morgan fingerprint density at radius 2 is 2.14 bits per heavy atom. The first kappa shape index (κ1) is 12.0. The SMILES string of the molecule is CCN1CCC(CONC(C)(C)C)C1. The largest absolute Gasteiger partial charge is 0.303 e. The van der Waals surface area contributed by atoms with Gasteiger partial charge in [0.05, 0.1) is 6.61 Å². The van der Waals surface area contributed by atoms with Crippen LogP contribution in [-0.4, -0.2) is 36.7 Å². The van der Waals surface area contributed by atoms with Gasteiger partial charge < -0.3 is 9.74 Å². The highest BCUT2D eigenvalue weighted by Gasteiger charge is 2.21. The van der Waals surface area contributed by atoms with Crippen LogP contribution in [0.5, 0.6) is 0 Å². The minimum absolute atomic E-state index is 0.0586. The molecule has 1 unspecified atom stereocenters. The quantitative estimate of drug-likeness (QED) is 0.698. The molecule has 3 heteroatoms. The molecule has 0 spiro atoms. The van der Waals surface area contributed by atoms with Crippen LogP contribution in [0, 0.1) is 5.92 Å². The van der Waals surface area contributed by atoms with Crippen LogP contribution in [0.1, 0.15) is 34.1 Å². The van der Waals surface area contributed by atoms with Crippen molar-refractivity contribution in [3.63, 3.8) is 0 Å².